The van der Waals surface area contributed by atoms with Gasteiger partial charge in [0, 0.05) is 13.2 Å². The van der Waals surface area contributed by atoms with Crippen LogP contribution in [0.5, 0.6) is 0 Å². The van der Waals surface area contributed by atoms with Crippen molar-refractivity contribution in [3.05, 3.63) is 65.7 Å². The van der Waals surface area contributed by atoms with E-state index >= 15 is 0 Å². The van der Waals surface area contributed by atoms with Gasteiger partial charge in [0.1, 0.15) is 0 Å². The second-order valence-electron chi connectivity index (χ2n) is 5.83. The number of benzene rings is 2. The van der Waals surface area contributed by atoms with Crippen LogP contribution < -0.4 is 4.72 Å². The molecule has 26 heavy (non-hydrogen) atoms. The van der Waals surface area contributed by atoms with Crippen LogP contribution in [0.2, 0.25) is 0 Å². The lowest BCUT2D eigenvalue weighted by Gasteiger charge is -2.17. The third-order valence-corrected chi connectivity index (χ3v) is 5.46. The summed E-state index contributed by atoms with van der Waals surface area (Å²) in [6.07, 6.45) is -3.72. The molecule has 0 spiro atoms. The van der Waals surface area contributed by atoms with Crippen molar-refractivity contribution in [1.29, 1.82) is 0 Å². The molecule has 142 valence electrons. The highest BCUT2D eigenvalue weighted by Gasteiger charge is 2.31. The van der Waals surface area contributed by atoms with E-state index in [1.54, 1.807) is 0 Å². The normalized spacial score (nSPS) is 13.5. The van der Waals surface area contributed by atoms with Gasteiger partial charge in [-0.1, -0.05) is 36.4 Å². The number of rotatable bonds is 8. The van der Waals surface area contributed by atoms with Gasteiger partial charge in [0.2, 0.25) is 10.0 Å². The lowest BCUT2D eigenvalue weighted by atomic mass is 9.93. The smallest absolute Gasteiger partial charge is 0.396 e. The predicted octanol–water partition coefficient (Wildman–Crippen LogP) is 3.54. The third-order valence-electron chi connectivity index (χ3n) is 4.01. The van der Waals surface area contributed by atoms with Crippen molar-refractivity contribution < 1.29 is 26.7 Å². The average Bonchev–Trinajstić information content (AvgIpc) is 2.61. The number of alkyl halides is 3. The summed E-state index contributed by atoms with van der Waals surface area (Å²) in [5, 5.41) is 9.20. The Morgan fingerprint density at radius 3 is 2.31 bits per heavy atom. The van der Waals surface area contributed by atoms with Crippen LogP contribution in [0.15, 0.2) is 59.5 Å². The van der Waals surface area contributed by atoms with E-state index in [9.17, 15) is 26.7 Å². The fourth-order valence-electron chi connectivity index (χ4n) is 2.65. The van der Waals surface area contributed by atoms with Gasteiger partial charge in [0.05, 0.1) is 10.5 Å². The first kappa shape index (κ1) is 20.4. The summed E-state index contributed by atoms with van der Waals surface area (Å²) >= 11 is 0. The Kier molecular flexibility index (Phi) is 6.80. The molecule has 2 aromatic rings. The molecule has 0 aromatic heterocycles. The van der Waals surface area contributed by atoms with Crippen LogP contribution in [-0.4, -0.2) is 26.7 Å². The zero-order valence-corrected chi connectivity index (χ0v) is 14.7. The summed E-state index contributed by atoms with van der Waals surface area (Å²) in [7, 11) is -4.05. The van der Waals surface area contributed by atoms with Crippen LogP contribution in [0.25, 0.3) is 0 Å². The summed E-state index contributed by atoms with van der Waals surface area (Å²) in [5.41, 5.74) is -0.0392. The summed E-state index contributed by atoms with van der Waals surface area (Å²) in [6, 6.07) is 13.0. The van der Waals surface area contributed by atoms with Gasteiger partial charge in [-0.2, -0.15) is 13.2 Å². The minimum Gasteiger partial charge on any atom is -0.396 e. The molecule has 2 aromatic carbocycles. The predicted molar refractivity (Wildman–Crippen MR) is 92.1 cm³/mol. The van der Waals surface area contributed by atoms with E-state index in [-0.39, 0.29) is 19.1 Å². The molecule has 0 aliphatic carbocycles. The number of aliphatic hydroxyl groups excluding tert-OH is 1. The Bertz CT molecular complexity index is 808. The Hall–Kier alpha value is -1.90. The molecule has 1 atom stereocenters. The van der Waals surface area contributed by atoms with Crippen LogP contribution in [-0.2, 0) is 16.2 Å². The van der Waals surface area contributed by atoms with E-state index in [4.69, 9.17) is 0 Å². The van der Waals surface area contributed by atoms with Crippen LogP contribution in [0, 0.1) is 0 Å². The zero-order valence-electron chi connectivity index (χ0n) is 13.9. The van der Waals surface area contributed by atoms with E-state index < -0.39 is 26.7 Å². The second kappa shape index (κ2) is 8.66. The molecule has 0 radical (unpaired) electrons. The van der Waals surface area contributed by atoms with E-state index in [0.29, 0.717) is 18.9 Å². The highest BCUT2D eigenvalue weighted by Crippen LogP contribution is 2.30. The fraction of sp³-hybridized carbons (Fsp3) is 0.333. The molecule has 0 heterocycles. The Morgan fingerprint density at radius 1 is 1.00 bits per heavy atom. The summed E-state index contributed by atoms with van der Waals surface area (Å²) in [5.74, 6) is -0.0505. The molecule has 0 aliphatic rings. The Balaban J connectivity index is 2.05. The van der Waals surface area contributed by atoms with Gasteiger partial charge in [-0.25, -0.2) is 13.1 Å². The molecule has 1 unspecified atom stereocenters. The Labute approximate surface area is 150 Å². The Morgan fingerprint density at radius 2 is 1.69 bits per heavy atom. The van der Waals surface area contributed by atoms with Crippen molar-refractivity contribution in [1.82, 2.24) is 4.72 Å². The van der Waals surface area contributed by atoms with E-state index in [1.807, 2.05) is 30.3 Å². The largest absolute Gasteiger partial charge is 0.416 e. The molecule has 2 N–H and O–H groups in total. The molecule has 0 fully saturated rings. The number of hydrogen-bond acceptors (Lipinski definition) is 3. The lowest BCUT2D eigenvalue weighted by molar-refractivity contribution is -0.137. The molecule has 0 bridgehead atoms. The first-order valence-electron chi connectivity index (χ1n) is 8.07. The van der Waals surface area contributed by atoms with Crippen molar-refractivity contribution in [3.8, 4) is 0 Å². The molecular weight excluding hydrogens is 367 g/mol. The number of hydrogen-bond donors (Lipinski definition) is 2. The molecule has 4 nitrogen and oxygen atoms in total. The van der Waals surface area contributed by atoms with Gasteiger partial charge in [-0.3, -0.25) is 0 Å². The molecule has 0 aliphatic heterocycles. The lowest BCUT2D eigenvalue weighted by Crippen LogP contribution is -2.26. The fourth-order valence-corrected chi connectivity index (χ4v) is 3.74. The average molecular weight is 387 g/mol. The second-order valence-corrected chi connectivity index (χ2v) is 7.60. The van der Waals surface area contributed by atoms with Crippen LogP contribution in [0.3, 0.4) is 0 Å². The molecule has 8 heteroatoms. The topological polar surface area (TPSA) is 66.4 Å². The van der Waals surface area contributed by atoms with E-state index in [2.05, 4.69) is 4.72 Å². The summed E-state index contributed by atoms with van der Waals surface area (Å²) in [6.45, 7) is 0.0120. The van der Waals surface area contributed by atoms with Gasteiger partial charge >= 0.3 is 6.18 Å². The minimum absolute atomic E-state index is 0.0417. The van der Waals surface area contributed by atoms with Crippen molar-refractivity contribution in [2.45, 2.75) is 29.8 Å². The third kappa shape index (κ3) is 5.55. The number of sulfonamides is 1. The molecular formula is C18H20F3NO3S. The molecule has 0 amide bonds. The SMILES string of the molecule is O=S(=O)(NCCC(CCO)c1ccccc1)c1cccc(C(F)(F)F)c1. The molecule has 0 saturated carbocycles. The van der Waals surface area contributed by atoms with Crippen molar-refractivity contribution in [3.63, 3.8) is 0 Å². The van der Waals surface area contributed by atoms with Gasteiger partial charge in [-0.15, -0.1) is 0 Å². The quantitative estimate of drug-likeness (QED) is 0.728. The number of halogens is 3. The van der Waals surface area contributed by atoms with E-state index in [1.165, 1.54) is 0 Å². The maximum atomic E-state index is 12.7. The highest BCUT2D eigenvalue weighted by molar-refractivity contribution is 7.89. The minimum atomic E-state index is -4.61. The standard InChI is InChI=1S/C18H20F3NO3S/c19-18(20,21)16-7-4-8-17(13-16)26(24,25)22-11-9-15(10-12-23)14-5-2-1-3-6-14/h1-8,13,15,22-23H,9-12H2. The summed E-state index contributed by atoms with van der Waals surface area (Å²) in [4.78, 5) is -0.425. The van der Waals surface area contributed by atoms with Crippen LogP contribution >= 0.6 is 0 Å². The van der Waals surface area contributed by atoms with E-state index in [0.717, 1.165) is 23.8 Å². The number of nitrogens with one attached hydrogen (secondary N) is 1. The van der Waals surface area contributed by atoms with Gasteiger partial charge in [0.25, 0.3) is 0 Å². The molecule has 2 rings (SSSR count). The van der Waals surface area contributed by atoms with Crippen molar-refractivity contribution >= 4 is 10.0 Å². The molecule has 0 saturated heterocycles. The number of aliphatic hydroxyl groups is 1. The monoisotopic (exact) mass is 387 g/mol. The first-order valence-corrected chi connectivity index (χ1v) is 9.55. The van der Waals surface area contributed by atoms with Crippen LogP contribution in [0.1, 0.15) is 29.9 Å². The van der Waals surface area contributed by atoms with Gasteiger partial charge in [0.15, 0.2) is 0 Å². The van der Waals surface area contributed by atoms with Crippen molar-refractivity contribution in [2.75, 3.05) is 13.2 Å². The highest BCUT2D eigenvalue weighted by atomic mass is 32.2. The van der Waals surface area contributed by atoms with Crippen LogP contribution in [0.4, 0.5) is 13.2 Å². The summed E-state index contributed by atoms with van der Waals surface area (Å²) < 4.78 is 65.1. The first-order chi connectivity index (χ1) is 12.2. The van der Waals surface area contributed by atoms with Crippen molar-refractivity contribution in [2.24, 2.45) is 0 Å². The maximum absolute atomic E-state index is 12.7. The zero-order chi connectivity index (χ0) is 19.2. The maximum Gasteiger partial charge on any atom is 0.416 e. The van der Waals surface area contributed by atoms with Gasteiger partial charge < -0.3 is 5.11 Å². The van der Waals surface area contributed by atoms with Gasteiger partial charge in [-0.05, 0) is 42.5 Å².